The molecule has 5 nitrogen and oxygen atoms in total. The molecule has 0 fully saturated rings. The Hall–Kier alpha value is -1.78. The van der Waals surface area contributed by atoms with Crippen LogP contribution in [0.25, 0.3) is 0 Å². The minimum atomic E-state index is -0.919. The van der Waals surface area contributed by atoms with Crippen molar-refractivity contribution in [1.82, 2.24) is 4.90 Å². The van der Waals surface area contributed by atoms with Gasteiger partial charge in [-0.05, 0) is 26.0 Å². The maximum atomic E-state index is 11.9. The van der Waals surface area contributed by atoms with Gasteiger partial charge in [-0.25, -0.2) is 0 Å². The number of amides is 1. The lowest BCUT2D eigenvalue weighted by atomic mass is 10.2. The van der Waals surface area contributed by atoms with Gasteiger partial charge >= 0.3 is 5.97 Å². The first-order chi connectivity index (χ1) is 7.52. The van der Waals surface area contributed by atoms with Crippen molar-refractivity contribution in [3.63, 3.8) is 0 Å². The molecule has 0 aliphatic rings. The van der Waals surface area contributed by atoms with E-state index in [1.54, 1.807) is 12.1 Å². The summed E-state index contributed by atoms with van der Waals surface area (Å²) in [6, 6.07) is 3.14. The predicted octanol–water partition coefficient (Wildman–Crippen LogP) is 1.60. The average molecular weight is 225 g/mol. The monoisotopic (exact) mass is 225 g/mol. The molecule has 0 saturated heterocycles. The van der Waals surface area contributed by atoms with E-state index in [-0.39, 0.29) is 30.7 Å². The van der Waals surface area contributed by atoms with Crippen molar-refractivity contribution in [1.29, 1.82) is 0 Å². The summed E-state index contributed by atoms with van der Waals surface area (Å²) in [7, 11) is 0. The van der Waals surface area contributed by atoms with Gasteiger partial charge in [-0.3, -0.25) is 9.59 Å². The van der Waals surface area contributed by atoms with E-state index in [0.717, 1.165) is 0 Å². The summed E-state index contributed by atoms with van der Waals surface area (Å²) in [6.45, 7) is 3.86. The summed E-state index contributed by atoms with van der Waals surface area (Å²) in [5.74, 6) is -0.960. The zero-order valence-corrected chi connectivity index (χ0v) is 9.34. The topological polar surface area (TPSA) is 70.8 Å². The Morgan fingerprint density at radius 1 is 1.50 bits per heavy atom. The van der Waals surface area contributed by atoms with Gasteiger partial charge in [0.15, 0.2) is 5.76 Å². The molecule has 16 heavy (non-hydrogen) atoms. The van der Waals surface area contributed by atoms with Crippen molar-refractivity contribution in [2.24, 2.45) is 0 Å². The largest absolute Gasteiger partial charge is 0.481 e. The highest BCUT2D eigenvalue weighted by Gasteiger charge is 2.21. The van der Waals surface area contributed by atoms with E-state index in [4.69, 9.17) is 9.52 Å². The number of nitrogens with zero attached hydrogens (tertiary/aromatic N) is 1. The highest BCUT2D eigenvalue weighted by atomic mass is 16.4. The summed E-state index contributed by atoms with van der Waals surface area (Å²) in [6.07, 6.45) is 1.35. The van der Waals surface area contributed by atoms with Crippen molar-refractivity contribution >= 4 is 11.9 Å². The molecule has 0 atom stereocenters. The molecule has 1 rings (SSSR count). The molecule has 1 heterocycles. The van der Waals surface area contributed by atoms with Crippen LogP contribution in [0.4, 0.5) is 0 Å². The van der Waals surface area contributed by atoms with Crippen LogP contribution in [0.3, 0.4) is 0 Å². The molecule has 0 unspecified atom stereocenters. The van der Waals surface area contributed by atoms with Crippen molar-refractivity contribution in [3.05, 3.63) is 24.2 Å². The van der Waals surface area contributed by atoms with Gasteiger partial charge < -0.3 is 14.4 Å². The van der Waals surface area contributed by atoms with Crippen LogP contribution in [0.15, 0.2) is 22.8 Å². The fourth-order valence-electron chi connectivity index (χ4n) is 1.35. The van der Waals surface area contributed by atoms with Crippen LogP contribution >= 0.6 is 0 Å². The van der Waals surface area contributed by atoms with Crippen molar-refractivity contribution < 1.29 is 19.1 Å². The average Bonchev–Trinajstić information content (AvgIpc) is 2.69. The van der Waals surface area contributed by atoms with E-state index in [2.05, 4.69) is 0 Å². The predicted molar refractivity (Wildman–Crippen MR) is 57.1 cm³/mol. The second-order valence-corrected chi connectivity index (χ2v) is 3.71. The third kappa shape index (κ3) is 3.12. The molecule has 1 aromatic heterocycles. The van der Waals surface area contributed by atoms with Crippen LogP contribution in [0.5, 0.6) is 0 Å². The second kappa shape index (κ2) is 5.34. The van der Waals surface area contributed by atoms with Gasteiger partial charge in [-0.2, -0.15) is 0 Å². The fraction of sp³-hybridized carbons (Fsp3) is 0.455. The Morgan fingerprint density at radius 3 is 2.62 bits per heavy atom. The smallest absolute Gasteiger partial charge is 0.305 e. The SMILES string of the molecule is CC(C)N(CCC(=O)O)C(=O)c1ccco1. The van der Waals surface area contributed by atoms with Gasteiger partial charge in [-0.15, -0.1) is 0 Å². The Morgan fingerprint density at radius 2 is 2.19 bits per heavy atom. The van der Waals surface area contributed by atoms with Gasteiger partial charge in [-0.1, -0.05) is 0 Å². The number of carboxylic acid groups (broad SMARTS) is 1. The summed E-state index contributed by atoms with van der Waals surface area (Å²) < 4.78 is 4.99. The van der Waals surface area contributed by atoms with E-state index in [1.807, 2.05) is 13.8 Å². The van der Waals surface area contributed by atoms with Crippen LogP contribution in [-0.2, 0) is 4.79 Å². The number of aliphatic carboxylic acids is 1. The number of carbonyl (C=O) groups is 2. The summed E-state index contributed by atoms with van der Waals surface area (Å²) in [5, 5.41) is 8.60. The van der Waals surface area contributed by atoms with E-state index in [9.17, 15) is 9.59 Å². The van der Waals surface area contributed by atoms with Gasteiger partial charge in [0.25, 0.3) is 5.91 Å². The number of carboxylic acids is 1. The van der Waals surface area contributed by atoms with Crippen molar-refractivity contribution in [3.8, 4) is 0 Å². The van der Waals surface area contributed by atoms with Gasteiger partial charge in [0.1, 0.15) is 0 Å². The van der Waals surface area contributed by atoms with Crippen molar-refractivity contribution in [2.75, 3.05) is 6.54 Å². The molecular formula is C11H15NO4. The zero-order chi connectivity index (χ0) is 12.1. The zero-order valence-electron chi connectivity index (χ0n) is 9.34. The molecule has 0 spiro atoms. The molecule has 1 N–H and O–H groups in total. The number of rotatable bonds is 5. The Balaban J connectivity index is 2.70. The van der Waals surface area contributed by atoms with Crippen LogP contribution < -0.4 is 0 Å². The number of hydrogen-bond donors (Lipinski definition) is 1. The van der Waals surface area contributed by atoms with Crippen molar-refractivity contribution in [2.45, 2.75) is 26.3 Å². The first-order valence-electron chi connectivity index (χ1n) is 5.08. The molecule has 5 heteroatoms. The molecule has 0 aromatic carbocycles. The van der Waals surface area contributed by atoms with Crippen LogP contribution in [0.2, 0.25) is 0 Å². The highest BCUT2D eigenvalue weighted by Crippen LogP contribution is 2.09. The standard InChI is InChI=1S/C11H15NO4/c1-8(2)12(6-5-10(13)14)11(15)9-4-3-7-16-9/h3-4,7-8H,5-6H2,1-2H3,(H,13,14). The van der Waals surface area contributed by atoms with Crippen LogP contribution in [0.1, 0.15) is 30.8 Å². The summed E-state index contributed by atoms with van der Waals surface area (Å²) >= 11 is 0. The molecule has 0 saturated carbocycles. The molecule has 1 aromatic rings. The molecule has 0 bridgehead atoms. The Bertz CT molecular complexity index is 356. The maximum Gasteiger partial charge on any atom is 0.305 e. The highest BCUT2D eigenvalue weighted by molar-refractivity contribution is 5.91. The Kier molecular flexibility index (Phi) is 4.10. The van der Waals surface area contributed by atoms with E-state index in [0.29, 0.717) is 0 Å². The molecule has 88 valence electrons. The van der Waals surface area contributed by atoms with Crippen LogP contribution in [0, 0.1) is 0 Å². The lowest BCUT2D eigenvalue weighted by Gasteiger charge is -2.24. The van der Waals surface area contributed by atoms with Gasteiger partial charge in [0.05, 0.1) is 12.7 Å². The van der Waals surface area contributed by atoms with Crippen LogP contribution in [-0.4, -0.2) is 34.5 Å². The lowest BCUT2D eigenvalue weighted by Crippen LogP contribution is -2.38. The third-order valence-corrected chi connectivity index (χ3v) is 2.18. The quantitative estimate of drug-likeness (QED) is 0.826. The van der Waals surface area contributed by atoms with E-state index in [1.165, 1.54) is 11.2 Å². The fourth-order valence-corrected chi connectivity index (χ4v) is 1.35. The van der Waals surface area contributed by atoms with Gasteiger partial charge in [0.2, 0.25) is 0 Å². The number of furan rings is 1. The van der Waals surface area contributed by atoms with Gasteiger partial charge in [0, 0.05) is 12.6 Å². The van der Waals surface area contributed by atoms with E-state index >= 15 is 0 Å². The third-order valence-electron chi connectivity index (χ3n) is 2.18. The molecule has 1 amide bonds. The minimum absolute atomic E-state index is 0.0584. The lowest BCUT2D eigenvalue weighted by molar-refractivity contribution is -0.137. The molecule has 0 radical (unpaired) electrons. The first-order valence-corrected chi connectivity index (χ1v) is 5.08. The second-order valence-electron chi connectivity index (χ2n) is 3.71. The summed E-state index contributed by atoms with van der Waals surface area (Å²) in [4.78, 5) is 23.9. The Labute approximate surface area is 93.7 Å². The molecule has 0 aliphatic heterocycles. The maximum absolute atomic E-state index is 11.9. The number of hydrogen-bond acceptors (Lipinski definition) is 3. The first kappa shape index (κ1) is 12.3. The molecular weight excluding hydrogens is 210 g/mol. The number of carbonyl (C=O) groups excluding carboxylic acids is 1. The molecule has 0 aliphatic carbocycles. The summed E-state index contributed by atoms with van der Waals surface area (Å²) in [5.41, 5.74) is 0. The normalized spacial score (nSPS) is 10.4. The minimum Gasteiger partial charge on any atom is -0.481 e. The van der Waals surface area contributed by atoms with E-state index < -0.39 is 5.97 Å².